The van der Waals surface area contributed by atoms with Crippen molar-refractivity contribution in [2.45, 2.75) is 11.4 Å². The molecule has 0 saturated carbocycles. The lowest BCUT2D eigenvalue weighted by molar-refractivity contribution is -0.143. The third-order valence-electron chi connectivity index (χ3n) is 2.77. The van der Waals surface area contributed by atoms with E-state index in [1.54, 1.807) is 11.8 Å². The van der Waals surface area contributed by atoms with Crippen molar-refractivity contribution in [3.8, 4) is 0 Å². The molecule has 3 rings (SSSR count). The Morgan fingerprint density at radius 2 is 2.29 bits per heavy atom. The molecule has 0 unspecified atom stereocenters. The van der Waals surface area contributed by atoms with E-state index in [4.69, 9.17) is 5.73 Å². The van der Waals surface area contributed by atoms with Gasteiger partial charge in [0.1, 0.15) is 17.1 Å². The highest BCUT2D eigenvalue weighted by atomic mass is 32.2. The third kappa shape index (κ3) is 0.802. The zero-order valence-corrected chi connectivity index (χ0v) is 8.13. The molecule has 3 aliphatic rings. The Bertz CT molecular complexity index is 379. The molecule has 3 heterocycles. The average Bonchev–Trinajstić information content (AvgIpc) is 2.57. The molecule has 0 bridgehead atoms. The smallest absolute Gasteiger partial charge is 0.268 e. The van der Waals surface area contributed by atoms with E-state index in [0.29, 0.717) is 12.2 Å². The van der Waals surface area contributed by atoms with Gasteiger partial charge >= 0.3 is 0 Å². The maximum absolute atomic E-state index is 11.5. The number of amides is 2. The number of nitrogens with zero attached hydrogens (tertiary/aromatic N) is 1. The quantitative estimate of drug-likeness (QED) is 0.484. The predicted octanol–water partition coefficient (Wildman–Crippen LogP) is -1.39. The molecule has 6 heteroatoms. The molecule has 3 N–H and O–H groups in total. The van der Waals surface area contributed by atoms with E-state index in [1.165, 1.54) is 4.90 Å². The molecule has 0 radical (unpaired) electrons. The summed E-state index contributed by atoms with van der Waals surface area (Å²) >= 11 is 1.63. The fraction of sp³-hybridized carbons (Fsp3) is 0.500. The summed E-state index contributed by atoms with van der Waals surface area (Å²) in [5, 5.41) is 2.70. The van der Waals surface area contributed by atoms with E-state index in [2.05, 4.69) is 5.32 Å². The predicted molar refractivity (Wildman–Crippen MR) is 51.1 cm³/mol. The van der Waals surface area contributed by atoms with Crippen molar-refractivity contribution in [3.05, 3.63) is 11.3 Å². The van der Waals surface area contributed by atoms with Crippen molar-refractivity contribution in [2.24, 2.45) is 5.73 Å². The van der Waals surface area contributed by atoms with E-state index in [9.17, 15) is 9.59 Å². The summed E-state index contributed by atoms with van der Waals surface area (Å²) in [4.78, 5) is 24.4. The monoisotopic (exact) mass is 211 g/mol. The second-order valence-electron chi connectivity index (χ2n) is 3.57. The first-order valence-corrected chi connectivity index (χ1v) is 5.45. The fourth-order valence-corrected chi connectivity index (χ4v) is 3.30. The van der Waals surface area contributed by atoms with Gasteiger partial charge in [0.25, 0.3) is 5.91 Å². The lowest BCUT2D eigenvalue weighted by Crippen LogP contribution is -2.68. The maximum atomic E-state index is 11.5. The van der Waals surface area contributed by atoms with Gasteiger partial charge in [-0.1, -0.05) is 0 Å². The first kappa shape index (κ1) is 8.31. The van der Waals surface area contributed by atoms with E-state index in [1.807, 2.05) is 0 Å². The molecule has 0 aromatic carbocycles. The largest absolute Gasteiger partial charge is 0.347 e. The van der Waals surface area contributed by atoms with Crippen molar-refractivity contribution in [1.29, 1.82) is 0 Å². The number of fused-ring (bicyclic) bond motifs is 2. The minimum absolute atomic E-state index is 0.0231. The van der Waals surface area contributed by atoms with Crippen molar-refractivity contribution < 1.29 is 9.59 Å². The normalized spacial score (nSPS) is 35.1. The van der Waals surface area contributed by atoms with E-state index in [-0.39, 0.29) is 17.2 Å². The van der Waals surface area contributed by atoms with Gasteiger partial charge in [-0.3, -0.25) is 14.5 Å². The maximum Gasteiger partial charge on any atom is 0.268 e. The Morgan fingerprint density at radius 3 is 3.07 bits per heavy atom. The second kappa shape index (κ2) is 2.52. The molecule has 2 amide bonds. The summed E-state index contributed by atoms with van der Waals surface area (Å²) in [6.07, 6.45) is 0. The summed E-state index contributed by atoms with van der Waals surface area (Å²) < 4.78 is 0. The molecule has 14 heavy (non-hydrogen) atoms. The molecule has 3 aliphatic heterocycles. The SMILES string of the molecule is N[C@@H]1C(=O)N2C3=C(CNC3=O)CS[C@H]12. The van der Waals surface area contributed by atoms with Gasteiger partial charge in [-0.25, -0.2) is 0 Å². The van der Waals surface area contributed by atoms with Gasteiger partial charge in [0.2, 0.25) is 5.91 Å². The Kier molecular flexibility index (Phi) is 1.49. The molecular formula is C8H9N3O2S. The van der Waals surface area contributed by atoms with Gasteiger partial charge in [-0.05, 0) is 5.57 Å². The highest BCUT2D eigenvalue weighted by Crippen LogP contribution is 2.40. The number of nitrogens with one attached hydrogen (secondary N) is 1. The highest BCUT2D eigenvalue weighted by molar-refractivity contribution is 8.00. The Balaban J connectivity index is 2.02. The summed E-state index contributed by atoms with van der Waals surface area (Å²) in [6, 6.07) is -0.428. The van der Waals surface area contributed by atoms with Crippen LogP contribution in [0.4, 0.5) is 0 Å². The highest BCUT2D eigenvalue weighted by Gasteiger charge is 2.52. The number of thioether (sulfide) groups is 1. The van der Waals surface area contributed by atoms with Gasteiger partial charge in [-0.15, -0.1) is 11.8 Å². The van der Waals surface area contributed by atoms with Crippen molar-refractivity contribution >= 4 is 23.6 Å². The standard InChI is InChI=1S/C8H9N3O2S/c9-4-7(13)11-5-3(1-10-6(5)12)2-14-8(4)11/h4,8H,1-2,9H2,(H,10,12)/t4-,8-/m1/s1. The van der Waals surface area contributed by atoms with E-state index >= 15 is 0 Å². The van der Waals surface area contributed by atoms with E-state index in [0.717, 1.165) is 11.3 Å². The minimum Gasteiger partial charge on any atom is -0.347 e. The molecule has 2 atom stereocenters. The Labute approximate surface area is 84.7 Å². The number of hydrogen-bond acceptors (Lipinski definition) is 4. The average molecular weight is 211 g/mol. The lowest BCUT2D eigenvalue weighted by Gasteiger charge is -2.47. The molecule has 1 fully saturated rings. The van der Waals surface area contributed by atoms with Crippen LogP contribution in [0.15, 0.2) is 11.3 Å². The molecule has 5 nitrogen and oxygen atoms in total. The zero-order valence-electron chi connectivity index (χ0n) is 7.32. The minimum atomic E-state index is -0.428. The fourth-order valence-electron chi connectivity index (χ4n) is 2.00. The van der Waals surface area contributed by atoms with Crippen LogP contribution in [0.3, 0.4) is 0 Å². The molecule has 0 aliphatic carbocycles. The second-order valence-corrected chi connectivity index (χ2v) is 4.68. The van der Waals surface area contributed by atoms with Crippen LogP contribution in [0.1, 0.15) is 0 Å². The Morgan fingerprint density at radius 1 is 1.50 bits per heavy atom. The summed E-state index contributed by atoms with van der Waals surface area (Å²) in [5.41, 5.74) is 7.22. The van der Waals surface area contributed by atoms with Crippen molar-refractivity contribution in [2.75, 3.05) is 12.3 Å². The van der Waals surface area contributed by atoms with Gasteiger partial charge < -0.3 is 11.1 Å². The van der Waals surface area contributed by atoms with Crippen molar-refractivity contribution in [1.82, 2.24) is 10.2 Å². The molecule has 0 aromatic rings. The number of β-lactam (4-membered cyclic amide) rings is 1. The lowest BCUT2D eigenvalue weighted by atomic mass is 10.1. The van der Waals surface area contributed by atoms with Crippen LogP contribution in [0.2, 0.25) is 0 Å². The summed E-state index contributed by atoms with van der Waals surface area (Å²) in [6.45, 7) is 0.576. The first-order chi connectivity index (χ1) is 6.70. The topological polar surface area (TPSA) is 75.4 Å². The van der Waals surface area contributed by atoms with Crippen LogP contribution in [0, 0.1) is 0 Å². The number of nitrogens with two attached hydrogens (primary N) is 1. The van der Waals surface area contributed by atoms with Crippen molar-refractivity contribution in [3.63, 3.8) is 0 Å². The molecule has 1 saturated heterocycles. The van der Waals surface area contributed by atoms with Crippen LogP contribution >= 0.6 is 11.8 Å². The third-order valence-corrected chi connectivity index (χ3v) is 4.13. The molecule has 0 aromatic heterocycles. The van der Waals surface area contributed by atoms with Crippen LogP contribution < -0.4 is 11.1 Å². The zero-order chi connectivity index (χ0) is 9.87. The summed E-state index contributed by atoms with van der Waals surface area (Å²) in [5.74, 6) is 0.535. The van der Waals surface area contributed by atoms with Crippen LogP contribution in [0.5, 0.6) is 0 Å². The number of carbonyl (C=O) groups excluding carboxylic acids is 2. The van der Waals surface area contributed by atoms with E-state index < -0.39 is 6.04 Å². The van der Waals surface area contributed by atoms with Crippen LogP contribution in [-0.2, 0) is 9.59 Å². The number of hydrogen-bond donors (Lipinski definition) is 2. The molecule has 74 valence electrons. The van der Waals surface area contributed by atoms with Crippen LogP contribution in [-0.4, -0.2) is 40.4 Å². The van der Waals surface area contributed by atoms with Gasteiger partial charge in [-0.2, -0.15) is 0 Å². The molecular weight excluding hydrogens is 202 g/mol. The van der Waals surface area contributed by atoms with Gasteiger partial charge in [0, 0.05) is 12.3 Å². The van der Waals surface area contributed by atoms with Gasteiger partial charge in [0.05, 0.1) is 0 Å². The molecule has 0 spiro atoms. The number of rotatable bonds is 0. The van der Waals surface area contributed by atoms with Gasteiger partial charge in [0.15, 0.2) is 0 Å². The Hall–Kier alpha value is -1.01. The summed E-state index contributed by atoms with van der Waals surface area (Å²) in [7, 11) is 0. The number of carbonyl (C=O) groups is 2. The first-order valence-electron chi connectivity index (χ1n) is 4.40. The van der Waals surface area contributed by atoms with Crippen LogP contribution in [0.25, 0.3) is 0 Å².